The molecule has 2 aliphatic rings. The number of rotatable bonds is 4. The maximum Gasteiger partial charge on any atom is 0.0372 e. The van der Waals surface area contributed by atoms with E-state index in [0.29, 0.717) is 12.1 Å². The summed E-state index contributed by atoms with van der Waals surface area (Å²) < 4.78 is 0. The molecule has 0 amide bonds. The number of benzene rings is 2. The topological polar surface area (TPSA) is 27.3 Å². The Kier molecular flexibility index (Phi) is 5.34. The highest BCUT2D eigenvalue weighted by atomic mass is 15.2. The second kappa shape index (κ2) is 8.03. The Hall–Kier alpha value is -1.84. The summed E-state index contributed by atoms with van der Waals surface area (Å²) in [7, 11) is 0. The smallest absolute Gasteiger partial charge is 0.0372 e. The Morgan fingerprint density at radius 3 is 2.40 bits per heavy atom. The molecule has 0 aliphatic carbocycles. The Balaban J connectivity index is 1.36. The molecule has 2 aromatic rings. The first-order valence-corrected chi connectivity index (χ1v) is 9.76. The first-order valence-electron chi connectivity index (χ1n) is 9.76. The molecule has 0 saturated carbocycles. The van der Waals surface area contributed by atoms with Crippen LogP contribution in [0, 0.1) is 0 Å². The van der Waals surface area contributed by atoms with Crippen molar-refractivity contribution in [3.8, 4) is 11.1 Å². The number of anilines is 1. The van der Waals surface area contributed by atoms with E-state index in [4.69, 9.17) is 0 Å². The third-order valence-corrected chi connectivity index (χ3v) is 5.58. The van der Waals surface area contributed by atoms with E-state index in [-0.39, 0.29) is 0 Å². The van der Waals surface area contributed by atoms with Gasteiger partial charge in [-0.3, -0.25) is 0 Å². The van der Waals surface area contributed by atoms with E-state index in [0.717, 1.165) is 19.6 Å². The maximum absolute atomic E-state index is 3.88. The second-order valence-corrected chi connectivity index (χ2v) is 7.39. The first-order chi connectivity index (χ1) is 12.4. The summed E-state index contributed by atoms with van der Waals surface area (Å²) in [5.74, 6) is 0. The molecule has 25 heavy (non-hydrogen) atoms. The van der Waals surface area contributed by atoms with E-state index in [2.05, 4.69) is 70.1 Å². The molecule has 0 unspecified atom stereocenters. The molecule has 3 heteroatoms. The van der Waals surface area contributed by atoms with Gasteiger partial charge in [0.1, 0.15) is 0 Å². The van der Waals surface area contributed by atoms with Crippen molar-refractivity contribution in [3.05, 3.63) is 54.6 Å². The minimum absolute atomic E-state index is 0.673. The summed E-state index contributed by atoms with van der Waals surface area (Å²) in [6.07, 6.45) is 5.12. The van der Waals surface area contributed by atoms with Gasteiger partial charge >= 0.3 is 0 Å². The fourth-order valence-corrected chi connectivity index (χ4v) is 4.14. The molecule has 0 aromatic heterocycles. The fourth-order valence-electron chi connectivity index (χ4n) is 4.14. The lowest BCUT2D eigenvalue weighted by Gasteiger charge is -2.37. The van der Waals surface area contributed by atoms with Crippen molar-refractivity contribution >= 4 is 5.69 Å². The number of hydrogen-bond donors (Lipinski definition) is 2. The van der Waals surface area contributed by atoms with Gasteiger partial charge in [-0.15, -0.1) is 0 Å². The van der Waals surface area contributed by atoms with Crippen LogP contribution in [0.5, 0.6) is 0 Å². The lowest BCUT2D eigenvalue weighted by molar-refractivity contribution is 0.318. The van der Waals surface area contributed by atoms with E-state index < -0.39 is 0 Å². The summed E-state index contributed by atoms with van der Waals surface area (Å²) >= 11 is 0. The van der Waals surface area contributed by atoms with Crippen LogP contribution in [0.4, 0.5) is 5.69 Å². The van der Waals surface area contributed by atoms with Gasteiger partial charge in [-0.1, -0.05) is 42.5 Å². The number of hydrogen-bond acceptors (Lipinski definition) is 3. The summed E-state index contributed by atoms with van der Waals surface area (Å²) in [6.45, 7) is 4.62. The second-order valence-electron chi connectivity index (χ2n) is 7.39. The highest BCUT2D eigenvalue weighted by Crippen LogP contribution is 2.26. The molecule has 2 aromatic carbocycles. The van der Waals surface area contributed by atoms with Crippen molar-refractivity contribution in [1.29, 1.82) is 0 Å². The van der Waals surface area contributed by atoms with Gasteiger partial charge in [0.05, 0.1) is 0 Å². The molecule has 4 rings (SSSR count). The van der Waals surface area contributed by atoms with E-state index in [9.17, 15) is 0 Å². The molecule has 2 aliphatic heterocycles. The molecule has 2 heterocycles. The largest absolute Gasteiger partial charge is 0.371 e. The molecule has 2 fully saturated rings. The highest BCUT2D eigenvalue weighted by Gasteiger charge is 2.22. The normalized spacial score (nSPS) is 22.1. The Morgan fingerprint density at radius 1 is 0.840 bits per heavy atom. The predicted molar refractivity (Wildman–Crippen MR) is 106 cm³/mol. The molecule has 0 radical (unpaired) electrons. The van der Waals surface area contributed by atoms with Gasteiger partial charge < -0.3 is 15.5 Å². The average molecular weight is 335 g/mol. The zero-order chi connectivity index (χ0) is 16.9. The van der Waals surface area contributed by atoms with Crippen molar-refractivity contribution in [2.24, 2.45) is 0 Å². The molecule has 3 nitrogen and oxygen atoms in total. The average Bonchev–Trinajstić information content (AvgIpc) is 2.70. The van der Waals surface area contributed by atoms with E-state index in [1.165, 1.54) is 49.0 Å². The van der Waals surface area contributed by atoms with Gasteiger partial charge in [0.2, 0.25) is 0 Å². The third kappa shape index (κ3) is 4.23. The molecule has 132 valence electrons. The molecular weight excluding hydrogens is 306 g/mol. The molecule has 1 atom stereocenters. The quantitative estimate of drug-likeness (QED) is 0.893. The molecule has 0 spiro atoms. The maximum atomic E-state index is 3.88. The van der Waals surface area contributed by atoms with Crippen LogP contribution in [0.15, 0.2) is 54.6 Å². The van der Waals surface area contributed by atoms with Gasteiger partial charge in [0.15, 0.2) is 0 Å². The van der Waals surface area contributed by atoms with Crippen molar-refractivity contribution in [2.45, 2.75) is 37.8 Å². The van der Waals surface area contributed by atoms with Gasteiger partial charge in [-0.25, -0.2) is 0 Å². The van der Waals surface area contributed by atoms with Crippen molar-refractivity contribution in [1.82, 2.24) is 10.6 Å². The summed E-state index contributed by atoms with van der Waals surface area (Å²) in [5, 5.41) is 7.39. The molecular formula is C22H29N3. The standard InChI is InChI=1S/C22H29N3/c1-2-6-18(7-3-1)19-8-4-10-22(16-19)25-14-11-20(12-15-25)24-21-9-5-13-23-17-21/h1-4,6-8,10,16,20-21,23-24H,5,9,11-15,17H2/t21-/m0/s1. The van der Waals surface area contributed by atoms with Gasteiger partial charge in [0.25, 0.3) is 0 Å². The predicted octanol–water partition coefficient (Wildman–Crippen LogP) is 3.66. The van der Waals surface area contributed by atoms with Crippen LogP contribution in [0.2, 0.25) is 0 Å². The first kappa shape index (κ1) is 16.6. The zero-order valence-electron chi connectivity index (χ0n) is 15.0. The molecule has 2 N–H and O–H groups in total. The van der Waals surface area contributed by atoms with Crippen LogP contribution in [0.1, 0.15) is 25.7 Å². The summed E-state index contributed by atoms with van der Waals surface area (Å²) in [5.41, 5.74) is 3.97. The van der Waals surface area contributed by atoms with Crippen LogP contribution in [0.3, 0.4) is 0 Å². The van der Waals surface area contributed by atoms with E-state index in [1.807, 2.05) is 0 Å². The summed E-state index contributed by atoms with van der Waals surface area (Å²) in [4.78, 5) is 2.55. The van der Waals surface area contributed by atoms with Gasteiger partial charge in [-0.05, 0) is 55.5 Å². The number of nitrogens with one attached hydrogen (secondary N) is 2. The van der Waals surface area contributed by atoms with Crippen LogP contribution in [0.25, 0.3) is 11.1 Å². The molecule has 2 saturated heterocycles. The lowest BCUT2D eigenvalue weighted by Crippen LogP contribution is -2.51. The number of nitrogens with zero attached hydrogens (tertiary/aromatic N) is 1. The lowest BCUT2D eigenvalue weighted by atomic mass is 9.99. The van der Waals surface area contributed by atoms with Crippen LogP contribution in [-0.4, -0.2) is 38.3 Å². The van der Waals surface area contributed by atoms with Crippen molar-refractivity contribution in [3.63, 3.8) is 0 Å². The molecule has 0 bridgehead atoms. The SMILES string of the molecule is c1ccc(-c2cccc(N3CCC(N[C@H]4CCCNC4)CC3)c2)cc1. The van der Waals surface area contributed by atoms with Gasteiger partial charge in [-0.2, -0.15) is 0 Å². The minimum Gasteiger partial charge on any atom is -0.371 e. The summed E-state index contributed by atoms with van der Waals surface area (Å²) in [6, 6.07) is 21.0. The number of piperidine rings is 2. The monoisotopic (exact) mass is 335 g/mol. The Morgan fingerprint density at radius 2 is 1.64 bits per heavy atom. The van der Waals surface area contributed by atoms with Crippen molar-refractivity contribution < 1.29 is 0 Å². The Bertz CT molecular complexity index is 656. The van der Waals surface area contributed by atoms with Crippen LogP contribution in [-0.2, 0) is 0 Å². The fraction of sp³-hybridized carbons (Fsp3) is 0.455. The van der Waals surface area contributed by atoms with E-state index >= 15 is 0 Å². The highest BCUT2D eigenvalue weighted by molar-refractivity contribution is 5.68. The Labute approximate surface area is 151 Å². The van der Waals surface area contributed by atoms with Crippen LogP contribution < -0.4 is 15.5 Å². The van der Waals surface area contributed by atoms with Crippen molar-refractivity contribution in [2.75, 3.05) is 31.1 Å². The minimum atomic E-state index is 0.673. The third-order valence-electron chi connectivity index (χ3n) is 5.58. The van der Waals surface area contributed by atoms with E-state index in [1.54, 1.807) is 0 Å². The zero-order valence-corrected chi connectivity index (χ0v) is 15.0. The van der Waals surface area contributed by atoms with Gasteiger partial charge in [0, 0.05) is 37.4 Å². The van der Waals surface area contributed by atoms with Crippen LogP contribution >= 0.6 is 0 Å².